The van der Waals surface area contributed by atoms with Crippen LogP contribution in [0.5, 0.6) is 0 Å². The van der Waals surface area contributed by atoms with Crippen molar-refractivity contribution in [1.82, 2.24) is 9.97 Å². The third kappa shape index (κ3) is 5.19. The molecule has 1 aliphatic rings. The Labute approximate surface area is 200 Å². The molecule has 1 heterocycles. The molecule has 5 heteroatoms. The number of hydrogen-bond acceptors (Lipinski definition) is 4. The molecule has 0 spiro atoms. The number of rotatable bonds is 6. The largest absolute Gasteiger partial charge is 0.478 e. The summed E-state index contributed by atoms with van der Waals surface area (Å²) in [5, 5.41) is 9.92. The van der Waals surface area contributed by atoms with E-state index >= 15 is 0 Å². The number of thioether (sulfide) groups is 1. The van der Waals surface area contributed by atoms with Gasteiger partial charge in [-0.3, -0.25) is 0 Å². The molecule has 0 bridgehead atoms. The first kappa shape index (κ1) is 23.2. The van der Waals surface area contributed by atoms with E-state index in [9.17, 15) is 4.79 Å². The Morgan fingerprint density at radius 2 is 1.58 bits per heavy atom. The molecule has 0 unspecified atom stereocenters. The molecule has 1 N–H and O–H groups in total. The lowest BCUT2D eigenvalue weighted by Gasteiger charge is -2.42. The van der Waals surface area contributed by atoms with Crippen molar-refractivity contribution >= 4 is 29.9 Å². The van der Waals surface area contributed by atoms with Crippen LogP contribution in [0.2, 0.25) is 0 Å². The van der Waals surface area contributed by atoms with Crippen LogP contribution in [0, 0.1) is 0 Å². The van der Waals surface area contributed by atoms with Crippen molar-refractivity contribution in [2.45, 2.75) is 62.3 Å². The van der Waals surface area contributed by atoms with Crippen molar-refractivity contribution < 1.29 is 9.90 Å². The average molecular weight is 459 g/mol. The van der Waals surface area contributed by atoms with E-state index in [1.54, 1.807) is 36.3 Å². The van der Waals surface area contributed by atoms with Crippen LogP contribution in [0.25, 0.3) is 12.2 Å². The van der Waals surface area contributed by atoms with Crippen LogP contribution >= 0.6 is 11.8 Å². The monoisotopic (exact) mass is 458 g/mol. The smallest absolute Gasteiger partial charge is 0.335 e. The highest BCUT2D eigenvalue weighted by Gasteiger charge is 2.37. The first-order valence-electron chi connectivity index (χ1n) is 11.2. The molecule has 33 heavy (non-hydrogen) atoms. The molecule has 0 amide bonds. The van der Waals surface area contributed by atoms with Gasteiger partial charge in [0.15, 0.2) is 5.16 Å². The maximum atomic E-state index is 11.1. The van der Waals surface area contributed by atoms with E-state index in [0.717, 1.165) is 16.5 Å². The average Bonchev–Trinajstić information content (AvgIpc) is 2.80. The molecule has 0 atom stereocenters. The van der Waals surface area contributed by atoms with Gasteiger partial charge in [-0.2, -0.15) is 0 Å². The summed E-state index contributed by atoms with van der Waals surface area (Å²) in [6, 6.07) is 13.6. The van der Waals surface area contributed by atoms with Crippen molar-refractivity contribution in [2.24, 2.45) is 0 Å². The van der Waals surface area contributed by atoms with Gasteiger partial charge >= 0.3 is 5.97 Å². The molecule has 2 aromatic carbocycles. The fourth-order valence-electron chi connectivity index (χ4n) is 4.38. The minimum atomic E-state index is -0.910. The Kier molecular flexibility index (Phi) is 6.44. The quantitative estimate of drug-likeness (QED) is 0.245. The molecule has 0 radical (unpaired) electrons. The number of carboxylic acids is 1. The Balaban J connectivity index is 1.73. The van der Waals surface area contributed by atoms with Crippen molar-refractivity contribution in [3.05, 3.63) is 88.2 Å². The zero-order valence-corrected chi connectivity index (χ0v) is 20.4. The van der Waals surface area contributed by atoms with Crippen molar-refractivity contribution in [2.75, 3.05) is 0 Å². The summed E-state index contributed by atoms with van der Waals surface area (Å²) in [5.74, 6) is -0.127. The van der Waals surface area contributed by atoms with Gasteiger partial charge < -0.3 is 5.11 Å². The first-order valence-corrected chi connectivity index (χ1v) is 12.2. The number of carbonyl (C=O) groups is 1. The van der Waals surface area contributed by atoms with Gasteiger partial charge in [0, 0.05) is 18.1 Å². The van der Waals surface area contributed by atoms with Crippen LogP contribution in [-0.2, 0) is 16.6 Å². The highest BCUT2D eigenvalue weighted by molar-refractivity contribution is 7.98. The zero-order chi connectivity index (χ0) is 23.6. The van der Waals surface area contributed by atoms with Crippen LogP contribution in [0.3, 0.4) is 0 Å². The van der Waals surface area contributed by atoms with E-state index in [2.05, 4.69) is 61.9 Å². The summed E-state index contributed by atoms with van der Waals surface area (Å²) in [5.41, 5.74) is 6.84. The van der Waals surface area contributed by atoms with Crippen LogP contribution in [0.1, 0.15) is 78.7 Å². The Bertz CT molecular complexity index is 1180. The number of nitrogens with zero attached hydrogens (tertiary/aromatic N) is 2. The second kappa shape index (κ2) is 9.14. The van der Waals surface area contributed by atoms with Gasteiger partial charge in [-0.05, 0) is 69.7 Å². The van der Waals surface area contributed by atoms with Gasteiger partial charge in [-0.25, -0.2) is 14.8 Å². The predicted octanol–water partition coefficient (Wildman–Crippen LogP) is 6.99. The Morgan fingerprint density at radius 1 is 0.970 bits per heavy atom. The highest BCUT2D eigenvalue weighted by atomic mass is 32.2. The maximum Gasteiger partial charge on any atom is 0.335 e. The fraction of sp³-hybridized carbons (Fsp3) is 0.321. The summed E-state index contributed by atoms with van der Waals surface area (Å²) >= 11 is 1.64. The molecule has 0 saturated carbocycles. The van der Waals surface area contributed by atoms with Gasteiger partial charge in [0.2, 0.25) is 0 Å². The minimum absolute atomic E-state index is 0.130. The van der Waals surface area contributed by atoms with Crippen LogP contribution in [0.4, 0.5) is 0 Å². The lowest BCUT2D eigenvalue weighted by Crippen LogP contribution is -2.34. The number of aromatic carboxylic acids is 1. The van der Waals surface area contributed by atoms with Crippen molar-refractivity contribution in [3.63, 3.8) is 0 Å². The Morgan fingerprint density at radius 3 is 2.18 bits per heavy atom. The molecule has 4 nitrogen and oxygen atoms in total. The summed E-state index contributed by atoms with van der Waals surface area (Å²) < 4.78 is 0. The maximum absolute atomic E-state index is 11.1. The predicted molar refractivity (Wildman–Crippen MR) is 136 cm³/mol. The third-order valence-electron chi connectivity index (χ3n) is 6.62. The lowest BCUT2D eigenvalue weighted by molar-refractivity contribution is 0.0697. The Hall–Kier alpha value is -2.92. The van der Waals surface area contributed by atoms with Crippen molar-refractivity contribution in [3.8, 4) is 0 Å². The number of benzene rings is 2. The normalized spacial score (nSPS) is 16.5. The van der Waals surface area contributed by atoms with E-state index < -0.39 is 5.97 Å². The molecule has 0 fully saturated rings. The molecule has 3 aromatic rings. The second-order valence-corrected chi connectivity index (χ2v) is 10.9. The minimum Gasteiger partial charge on any atom is -0.478 e. The molecule has 4 rings (SSSR count). The molecule has 0 saturated heterocycles. The summed E-state index contributed by atoms with van der Waals surface area (Å²) in [6.07, 6.45) is 10.1. The number of fused-ring (bicyclic) bond motifs is 1. The summed E-state index contributed by atoms with van der Waals surface area (Å²) in [4.78, 5) is 19.9. The number of hydrogen-bond donors (Lipinski definition) is 1. The van der Waals surface area contributed by atoms with Gasteiger partial charge in [0.25, 0.3) is 0 Å². The number of aromatic nitrogens is 2. The van der Waals surface area contributed by atoms with E-state index in [1.165, 1.54) is 35.1 Å². The standard InChI is InChI=1S/C28H30N2O2S/c1-27(2)12-13-28(3,4)24-17-22(18-33-26-29-14-5-15-30-26)21(16-23(24)27)11-8-19-6-9-20(10-7-19)25(31)32/h5-11,14-17H,12-13,18H2,1-4H3,(H,31,32)/b11-8+. The first-order chi connectivity index (χ1) is 15.7. The third-order valence-corrected chi connectivity index (χ3v) is 7.55. The number of carboxylic acid groups (broad SMARTS) is 1. The van der Waals surface area contributed by atoms with Gasteiger partial charge in [0.1, 0.15) is 0 Å². The molecule has 170 valence electrons. The molecule has 0 aliphatic heterocycles. The van der Waals surface area contributed by atoms with Crippen LogP contribution < -0.4 is 0 Å². The highest BCUT2D eigenvalue weighted by Crippen LogP contribution is 2.47. The van der Waals surface area contributed by atoms with Crippen molar-refractivity contribution in [1.29, 1.82) is 0 Å². The van der Waals surface area contributed by atoms with E-state index in [-0.39, 0.29) is 10.8 Å². The van der Waals surface area contributed by atoms with Crippen LogP contribution in [0.15, 0.2) is 60.0 Å². The van der Waals surface area contributed by atoms with Gasteiger partial charge in [-0.15, -0.1) is 0 Å². The lowest BCUT2D eigenvalue weighted by atomic mass is 9.62. The summed E-state index contributed by atoms with van der Waals surface area (Å²) in [6.45, 7) is 9.37. The van der Waals surface area contributed by atoms with E-state index in [0.29, 0.717) is 5.56 Å². The molecular formula is C28H30N2O2S. The van der Waals surface area contributed by atoms with E-state index in [4.69, 9.17) is 5.11 Å². The van der Waals surface area contributed by atoms with E-state index in [1.807, 2.05) is 18.2 Å². The molecular weight excluding hydrogens is 428 g/mol. The topological polar surface area (TPSA) is 63.1 Å². The van der Waals surface area contributed by atoms with Gasteiger partial charge in [-0.1, -0.05) is 75.9 Å². The van der Waals surface area contributed by atoms with Gasteiger partial charge in [0.05, 0.1) is 5.56 Å². The molecule has 1 aromatic heterocycles. The second-order valence-electron chi connectivity index (χ2n) is 9.94. The van der Waals surface area contributed by atoms with Crippen LogP contribution in [-0.4, -0.2) is 21.0 Å². The zero-order valence-electron chi connectivity index (χ0n) is 19.6. The molecule has 1 aliphatic carbocycles. The fourth-order valence-corrected chi connectivity index (χ4v) is 5.19. The SMILES string of the molecule is CC1(C)CCC(C)(C)c2cc(CSc3ncccn3)c(/C=C/c3ccc(C(=O)O)cc3)cc21. The summed E-state index contributed by atoms with van der Waals surface area (Å²) in [7, 11) is 0.